The molecule has 2 aliphatic heterocycles. The molecule has 1 saturated heterocycles. The normalized spacial score (nSPS) is 24.0. The van der Waals surface area contributed by atoms with E-state index < -0.39 is 0 Å². The number of ether oxygens (including phenoxy) is 3. The van der Waals surface area contributed by atoms with Crippen LogP contribution < -0.4 is 9.47 Å². The molecule has 2 atom stereocenters. The van der Waals surface area contributed by atoms with Crippen LogP contribution >= 0.6 is 0 Å². The molecule has 0 spiro atoms. The highest BCUT2D eigenvalue weighted by atomic mass is 16.5. The summed E-state index contributed by atoms with van der Waals surface area (Å²) < 4.78 is 17.5. The van der Waals surface area contributed by atoms with Crippen LogP contribution in [0, 0.1) is 11.8 Å². The fraction of sp³-hybridized carbons (Fsp3) is 0.500. The minimum atomic E-state index is -0.0932. The number of benzene rings is 2. The average molecular weight is 530 g/mol. The van der Waals surface area contributed by atoms with Gasteiger partial charge in [0.1, 0.15) is 0 Å². The fourth-order valence-corrected chi connectivity index (χ4v) is 6.27. The summed E-state index contributed by atoms with van der Waals surface area (Å²) in [5, 5.41) is 6.69. The summed E-state index contributed by atoms with van der Waals surface area (Å²) in [5.41, 5.74) is 4.33. The van der Waals surface area contributed by atoms with Gasteiger partial charge in [0.25, 0.3) is 0 Å². The summed E-state index contributed by atoms with van der Waals surface area (Å²) in [6.07, 6.45) is 10.7. The molecule has 4 aliphatic rings. The van der Waals surface area contributed by atoms with Crippen molar-refractivity contribution in [2.45, 2.75) is 57.7 Å². The smallest absolute Gasteiger partial charge is 0.247 e. The molecule has 6 rings (SSSR count). The van der Waals surface area contributed by atoms with Gasteiger partial charge < -0.3 is 14.2 Å². The molecule has 1 amide bonds. The van der Waals surface area contributed by atoms with Crippen LogP contribution in [-0.4, -0.2) is 61.0 Å². The highest BCUT2D eigenvalue weighted by Gasteiger charge is 2.40. The minimum absolute atomic E-state index is 0.0716. The van der Waals surface area contributed by atoms with Crippen molar-refractivity contribution in [3.8, 4) is 11.5 Å². The van der Waals surface area contributed by atoms with Crippen LogP contribution in [0.4, 0.5) is 0 Å². The summed E-state index contributed by atoms with van der Waals surface area (Å²) >= 11 is 0. The van der Waals surface area contributed by atoms with Gasteiger partial charge in [-0.25, -0.2) is 5.01 Å². The maximum Gasteiger partial charge on any atom is 0.247 e. The third-order valence-electron chi connectivity index (χ3n) is 8.50. The Hall–Kier alpha value is -3.16. The molecule has 2 heterocycles. The van der Waals surface area contributed by atoms with Crippen molar-refractivity contribution in [2.75, 3.05) is 33.4 Å². The van der Waals surface area contributed by atoms with Crippen LogP contribution in [0.2, 0.25) is 0 Å². The van der Waals surface area contributed by atoms with E-state index in [4.69, 9.17) is 19.3 Å². The SMILES string of the molecule is COc1ccc(C2=NN(Cc3ccc(CN4CCOCC4)cc3)C(=O)C3CC=CCC23)cc1OC1CCCC1. The molecule has 206 valence electrons. The summed E-state index contributed by atoms with van der Waals surface area (Å²) in [7, 11) is 1.68. The molecule has 1 saturated carbocycles. The predicted octanol–water partition coefficient (Wildman–Crippen LogP) is 5.18. The van der Waals surface area contributed by atoms with Crippen molar-refractivity contribution in [3.63, 3.8) is 0 Å². The lowest BCUT2D eigenvalue weighted by Crippen LogP contribution is -2.45. The van der Waals surface area contributed by atoms with E-state index in [9.17, 15) is 4.79 Å². The molecule has 2 aromatic carbocycles. The van der Waals surface area contributed by atoms with Gasteiger partial charge in [-0.2, -0.15) is 5.10 Å². The van der Waals surface area contributed by atoms with Gasteiger partial charge in [-0.05, 0) is 67.9 Å². The number of hydrogen-bond acceptors (Lipinski definition) is 6. The van der Waals surface area contributed by atoms with Gasteiger partial charge in [0.2, 0.25) is 5.91 Å². The first-order valence-corrected chi connectivity index (χ1v) is 14.5. The molecule has 2 aromatic rings. The summed E-state index contributed by atoms with van der Waals surface area (Å²) in [5.74, 6) is 1.60. The number of carbonyl (C=O) groups excluding carboxylic acids is 1. The number of allylic oxidation sites excluding steroid dienone is 2. The van der Waals surface area contributed by atoms with Gasteiger partial charge >= 0.3 is 0 Å². The minimum Gasteiger partial charge on any atom is -0.493 e. The van der Waals surface area contributed by atoms with Crippen LogP contribution in [0.15, 0.2) is 59.7 Å². The zero-order chi connectivity index (χ0) is 26.6. The standard InChI is InChI=1S/C32H39N3O4/c1-37-29-15-14-25(20-30(29)39-26-6-2-3-7-26)31-27-8-4-5-9-28(27)32(36)35(33-31)22-24-12-10-23(11-13-24)21-34-16-18-38-19-17-34/h4-5,10-15,20,26-28H,2-3,6-9,16-19,21-22H2,1H3. The molecule has 7 heteroatoms. The molecular formula is C32H39N3O4. The fourth-order valence-electron chi connectivity index (χ4n) is 6.27. The molecule has 0 bridgehead atoms. The molecule has 39 heavy (non-hydrogen) atoms. The highest BCUT2D eigenvalue weighted by molar-refractivity contribution is 6.07. The second-order valence-corrected chi connectivity index (χ2v) is 11.1. The molecule has 2 fully saturated rings. The van der Waals surface area contributed by atoms with Gasteiger partial charge in [-0.15, -0.1) is 0 Å². The van der Waals surface area contributed by atoms with E-state index in [0.717, 1.165) is 86.9 Å². The Labute approximate surface area is 231 Å². The number of methoxy groups -OCH3 is 1. The lowest BCUT2D eigenvalue weighted by Gasteiger charge is -2.37. The molecule has 0 aromatic heterocycles. The Morgan fingerprint density at radius 2 is 1.59 bits per heavy atom. The van der Waals surface area contributed by atoms with Crippen molar-refractivity contribution in [2.24, 2.45) is 16.9 Å². The highest BCUT2D eigenvalue weighted by Crippen LogP contribution is 2.38. The van der Waals surface area contributed by atoms with Gasteiger partial charge in [-0.1, -0.05) is 36.4 Å². The zero-order valence-corrected chi connectivity index (χ0v) is 22.9. The van der Waals surface area contributed by atoms with Crippen molar-refractivity contribution < 1.29 is 19.0 Å². The van der Waals surface area contributed by atoms with E-state index in [1.165, 1.54) is 18.4 Å². The topological polar surface area (TPSA) is 63.6 Å². The first-order chi connectivity index (χ1) is 19.2. The molecule has 0 radical (unpaired) electrons. The molecular weight excluding hydrogens is 490 g/mol. The van der Waals surface area contributed by atoms with E-state index in [1.807, 2.05) is 6.07 Å². The Bertz CT molecular complexity index is 1210. The number of amides is 1. The van der Waals surface area contributed by atoms with Crippen molar-refractivity contribution in [1.29, 1.82) is 0 Å². The molecule has 7 nitrogen and oxygen atoms in total. The van der Waals surface area contributed by atoms with Crippen LogP contribution in [0.25, 0.3) is 0 Å². The van der Waals surface area contributed by atoms with Crippen LogP contribution in [-0.2, 0) is 22.6 Å². The zero-order valence-electron chi connectivity index (χ0n) is 22.9. The van der Waals surface area contributed by atoms with Gasteiger partial charge in [-0.3, -0.25) is 9.69 Å². The van der Waals surface area contributed by atoms with Crippen molar-refractivity contribution in [1.82, 2.24) is 9.91 Å². The largest absolute Gasteiger partial charge is 0.493 e. The molecule has 2 aliphatic carbocycles. The van der Waals surface area contributed by atoms with Crippen LogP contribution in [0.3, 0.4) is 0 Å². The summed E-state index contributed by atoms with van der Waals surface area (Å²) in [6.45, 7) is 4.93. The Kier molecular flexibility index (Phi) is 7.98. The maximum absolute atomic E-state index is 13.6. The van der Waals surface area contributed by atoms with Gasteiger partial charge in [0, 0.05) is 31.1 Å². The quantitative estimate of drug-likeness (QED) is 0.441. The second-order valence-electron chi connectivity index (χ2n) is 11.1. The van der Waals surface area contributed by atoms with E-state index in [2.05, 4.69) is 53.5 Å². The first kappa shape index (κ1) is 26.1. The number of hydrogen-bond donors (Lipinski definition) is 0. The molecule has 0 N–H and O–H groups in total. The van der Waals surface area contributed by atoms with E-state index in [1.54, 1.807) is 12.1 Å². The number of fused-ring (bicyclic) bond motifs is 1. The maximum atomic E-state index is 13.6. The summed E-state index contributed by atoms with van der Waals surface area (Å²) in [6, 6.07) is 14.7. The lowest BCUT2D eigenvalue weighted by atomic mass is 9.76. The first-order valence-electron chi connectivity index (χ1n) is 14.5. The third kappa shape index (κ3) is 5.89. The average Bonchev–Trinajstić information content (AvgIpc) is 3.49. The monoisotopic (exact) mass is 529 g/mol. The Balaban J connectivity index is 1.24. The van der Waals surface area contributed by atoms with Gasteiger partial charge in [0.05, 0.1) is 44.6 Å². The van der Waals surface area contributed by atoms with E-state index in [0.29, 0.717) is 6.54 Å². The number of morpholine rings is 1. The lowest BCUT2D eigenvalue weighted by molar-refractivity contribution is -0.138. The van der Waals surface area contributed by atoms with Crippen molar-refractivity contribution >= 4 is 11.6 Å². The number of rotatable bonds is 8. The third-order valence-corrected chi connectivity index (χ3v) is 8.50. The van der Waals surface area contributed by atoms with E-state index >= 15 is 0 Å². The van der Waals surface area contributed by atoms with Crippen molar-refractivity contribution in [3.05, 3.63) is 71.3 Å². The number of nitrogens with zero attached hydrogens (tertiary/aromatic N) is 3. The molecule has 2 unspecified atom stereocenters. The predicted molar refractivity (Wildman–Crippen MR) is 151 cm³/mol. The van der Waals surface area contributed by atoms with Crippen LogP contribution in [0.5, 0.6) is 11.5 Å². The summed E-state index contributed by atoms with van der Waals surface area (Å²) in [4.78, 5) is 16.0. The number of hydrazone groups is 1. The van der Waals surface area contributed by atoms with Gasteiger partial charge in [0.15, 0.2) is 11.5 Å². The van der Waals surface area contributed by atoms with Crippen LogP contribution in [0.1, 0.15) is 55.2 Å². The second kappa shape index (κ2) is 11.9. The van der Waals surface area contributed by atoms with E-state index in [-0.39, 0.29) is 23.8 Å². The number of carbonyl (C=O) groups is 1. The Morgan fingerprint density at radius 1 is 0.897 bits per heavy atom. The Morgan fingerprint density at radius 3 is 2.31 bits per heavy atom.